The summed E-state index contributed by atoms with van der Waals surface area (Å²) in [6, 6.07) is 0.388. The van der Waals surface area contributed by atoms with E-state index in [1.165, 1.54) is 6.34 Å². The van der Waals surface area contributed by atoms with Crippen LogP contribution in [0.15, 0.2) is 5.10 Å². The molecule has 9 heavy (non-hydrogen) atoms. The molecule has 4 nitrogen and oxygen atoms in total. The van der Waals surface area contributed by atoms with E-state index < -0.39 is 0 Å². The number of nitrogens with two attached hydrogens (primary N) is 1. The first-order chi connectivity index (χ1) is 4.16. The second kappa shape index (κ2) is 4.14. The summed E-state index contributed by atoms with van der Waals surface area (Å²) >= 11 is 0. The number of nitrogens with zero attached hydrogens (tertiary/aromatic N) is 2. The summed E-state index contributed by atoms with van der Waals surface area (Å²) in [7, 11) is 1.80. The summed E-state index contributed by atoms with van der Waals surface area (Å²) in [5, 5.41) is 5.31. The van der Waals surface area contributed by atoms with Crippen LogP contribution in [0.1, 0.15) is 13.8 Å². The van der Waals surface area contributed by atoms with E-state index in [0.29, 0.717) is 6.04 Å². The van der Waals surface area contributed by atoms with Crippen molar-refractivity contribution in [2.45, 2.75) is 19.9 Å². The molecule has 0 rings (SSSR count). The van der Waals surface area contributed by atoms with Gasteiger partial charge >= 0.3 is 0 Å². The minimum atomic E-state index is 0.388. The van der Waals surface area contributed by atoms with Crippen LogP contribution in [0.2, 0.25) is 0 Å². The van der Waals surface area contributed by atoms with Crippen molar-refractivity contribution >= 4 is 6.34 Å². The predicted molar refractivity (Wildman–Crippen MR) is 38.7 cm³/mol. The lowest BCUT2D eigenvalue weighted by atomic mass is 10.4. The Morgan fingerprint density at radius 1 is 1.67 bits per heavy atom. The summed E-state index contributed by atoms with van der Waals surface area (Å²) < 4.78 is 0. The van der Waals surface area contributed by atoms with Gasteiger partial charge in [-0.1, -0.05) is 0 Å². The molecule has 0 spiro atoms. The van der Waals surface area contributed by atoms with E-state index in [4.69, 9.17) is 5.73 Å². The molecule has 0 saturated carbocycles. The Kier molecular flexibility index (Phi) is 3.79. The third kappa shape index (κ3) is 5.10. The van der Waals surface area contributed by atoms with Gasteiger partial charge in [-0.15, -0.1) is 0 Å². The van der Waals surface area contributed by atoms with Crippen molar-refractivity contribution in [1.82, 2.24) is 10.5 Å². The van der Waals surface area contributed by atoms with Crippen LogP contribution in [0.3, 0.4) is 0 Å². The Bertz CT molecular complexity index is 89.0. The second-order valence-electron chi connectivity index (χ2n) is 2.07. The van der Waals surface area contributed by atoms with Gasteiger partial charge in [0.1, 0.15) is 6.34 Å². The number of hydrazone groups is 1. The van der Waals surface area contributed by atoms with Crippen LogP contribution < -0.4 is 11.2 Å². The van der Waals surface area contributed by atoms with E-state index in [-0.39, 0.29) is 0 Å². The van der Waals surface area contributed by atoms with Crippen LogP contribution in [0.25, 0.3) is 0 Å². The fourth-order valence-corrected chi connectivity index (χ4v) is 0.507. The molecule has 0 aromatic heterocycles. The zero-order chi connectivity index (χ0) is 7.28. The first-order valence-corrected chi connectivity index (χ1v) is 2.91. The molecule has 0 radical (unpaired) electrons. The summed E-state index contributed by atoms with van der Waals surface area (Å²) in [4.78, 5) is 0. The van der Waals surface area contributed by atoms with E-state index in [9.17, 15) is 0 Å². The Labute approximate surface area is 55.7 Å². The summed E-state index contributed by atoms with van der Waals surface area (Å²) in [6.07, 6.45) is 1.25. The number of hydrogen-bond acceptors (Lipinski definition) is 3. The van der Waals surface area contributed by atoms with Crippen LogP contribution in [-0.2, 0) is 0 Å². The van der Waals surface area contributed by atoms with Crippen molar-refractivity contribution < 1.29 is 0 Å². The Hall–Kier alpha value is -0.770. The highest BCUT2D eigenvalue weighted by Gasteiger charge is 1.92. The quantitative estimate of drug-likeness (QED) is 0.314. The lowest BCUT2D eigenvalue weighted by Crippen LogP contribution is -2.35. The van der Waals surface area contributed by atoms with Crippen molar-refractivity contribution in [1.29, 1.82) is 0 Å². The molecule has 0 unspecified atom stereocenters. The van der Waals surface area contributed by atoms with Gasteiger partial charge in [-0.05, 0) is 13.8 Å². The number of rotatable bonds is 3. The molecule has 0 aromatic rings. The first kappa shape index (κ1) is 8.23. The van der Waals surface area contributed by atoms with Gasteiger partial charge in [-0.25, -0.2) is 10.5 Å². The molecule has 0 fully saturated rings. The zero-order valence-electron chi connectivity index (χ0n) is 6.13. The molecule has 0 heterocycles. The molecule has 0 aliphatic heterocycles. The topological polar surface area (TPSA) is 53.6 Å². The molecule has 0 aliphatic rings. The monoisotopic (exact) mass is 130 g/mol. The molecule has 0 saturated heterocycles. The highest BCUT2D eigenvalue weighted by atomic mass is 15.7. The minimum Gasteiger partial charge on any atom is -0.388 e. The maximum absolute atomic E-state index is 5.03. The number of hydrazine groups is 1. The molecule has 3 N–H and O–H groups in total. The smallest absolute Gasteiger partial charge is 0.107 e. The molecule has 0 amide bonds. The van der Waals surface area contributed by atoms with Gasteiger partial charge < -0.3 is 5.73 Å². The number of hydrogen-bond donors (Lipinski definition) is 2. The molecule has 0 aromatic carbocycles. The van der Waals surface area contributed by atoms with Crippen molar-refractivity contribution in [2.75, 3.05) is 7.05 Å². The highest BCUT2D eigenvalue weighted by Crippen LogP contribution is 1.79. The van der Waals surface area contributed by atoms with E-state index in [1.807, 2.05) is 13.8 Å². The third-order valence-corrected chi connectivity index (χ3v) is 0.685. The van der Waals surface area contributed by atoms with Gasteiger partial charge in [0.05, 0.1) is 0 Å². The lowest BCUT2D eigenvalue weighted by Gasteiger charge is -2.16. The predicted octanol–water partition coefficient (Wildman–Crippen LogP) is -0.267. The third-order valence-electron chi connectivity index (χ3n) is 0.685. The summed E-state index contributed by atoms with van der Waals surface area (Å²) in [5.74, 6) is 0. The SMILES string of the molecule is CC(C)NN(C)/N=C\N. The van der Waals surface area contributed by atoms with Crippen LogP contribution in [0, 0.1) is 0 Å². The van der Waals surface area contributed by atoms with Gasteiger partial charge in [-0.3, -0.25) is 0 Å². The molecule has 54 valence electrons. The van der Waals surface area contributed by atoms with Crippen molar-refractivity contribution in [3.05, 3.63) is 0 Å². The van der Waals surface area contributed by atoms with Crippen molar-refractivity contribution in [3.63, 3.8) is 0 Å². The lowest BCUT2D eigenvalue weighted by molar-refractivity contribution is 0.221. The van der Waals surface area contributed by atoms with Gasteiger partial charge in [0.15, 0.2) is 0 Å². The molecule has 0 aliphatic carbocycles. The fourth-order valence-electron chi connectivity index (χ4n) is 0.507. The standard InChI is InChI=1S/C5H14N4/c1-5(2)8-9(3)7-4-6/h4-5,8H,1-3H3,(H2,6,7). The molecule has 4 heteroatoms. The van der Waals surface area contributed by atoms with E-state index in [2.05, 4.69) is 10.5 Å². The van der Waals surface area contributed by atoms with Crippen LogP contribution in [0.5, 0.6) is 0 Å². The normalized spacial score (nSPS) is 11.1. The average Bonchev–Trinajstić information content (AvgIpc) is 1.63. The van der Waals surface area contributed by atoms with E-state index in [1.54, 1.807) is 12.2 Å². The van der Waals surface area contributed by atoms with Gasteiger partial charge in [0.25, 0.3) is 0 Å². The molecular formula is C5H14N4. The van der Waals surface area contributed by atoms with Gasteiger partial charge in [0.2, 0.25) is 0 Å². The molecular weight excluding hydrogens is 116 g/mol. The fraction of sp³-hybridized carbons (Fsp3) is 0.800. The minimum absolute atomic E-state index is 0.388. The Balaban J connectivity index is 3.38. The van der Waals surface area contributed by atoms with E-state index >= 15 is 0 Å². The van der Waals surface area contributed by atoms with Crippen LogP contribution in [0.4, 0.5) is 0 Å². The van der Waals surface area contributed by atoms with Crippen molar-refractivity contribution in [3.8, 4) is 0 Å². The van der Waals surface area contributed by atoms with E-state index in [0.717, 1.165) is 0 Å². The highest BCUT2D eigenvalue weighted by molar-refractivity contribution is 5.50. The first-order valence-electron chi connectivity index (χ1n) is 2.91. The Morgan fingerprint density at radius 2 is 2.22 bits per heavy atom. The summed E-state index contributed by atoms with van der Waals surface area (Å²) in [6.45, 7) is 4.06. The van der Waals surface area contributed by atoms with Gasteiger partial charge in [0, 0.05) is 13.1 Å². The summed E-state index contributed by atoms with van der Waals surface area (Å²) in [5.41, 5.74) is 8.03. The molecule has 0 atom stereocenters. The maximum Gasteiger partial charge on any atom is 0.107 e. The van der Waals surface area contributed by atoms with Crippen molar-refractivity contribution in [2.24, 2.45) is 10.8 Å². The maximum atomic E-state index is 5.03. The zero-order valence-corrected chi connectivity index (χ0v) is 6.13. The molecule has 0 bridgehead atoms. The van der Waals surface area contributed by atoms with Gasteiger partial charge in [-0.2, -0.15) is 5.10 Å². The Morgan fingerprint density at radius 3 is 2.56 bits per heavy atom. The number of nitrogens with one attached hydrogen (secondary N) is 1. The van der Waals surface area contributed by atoms with Crippen LogP contribution in [-0.4, -0.2) is 24.5 Å². The largest absolute Gasteiger partial charge is 0.388 e. The second-order valence-corrected chi connectivity index (χ2v) is 2.07. The van der Waals surface area contributed by atoms with Crippen LogP contribution >= 0.6 is 0 Å². The average molecular weight is 130 g/mol.